The fourth-order valence-corrected chi connectivity index (χ4v) is 10.0. The highest BCUT2D eigenvalue weighted by Gasteiger charge is 2.31. The summed E-state index contributed by atoms with van der Waals surface area (Å²) >= 11 is 9.46. The minimum absolute atomic E-state index is 0.0971. The minimum Gasteiger partial charge on any atom is -0.378 e. The molecule has 10 heterocycles. The number of aliphatic imine (C=N–C) groups is 1. The lowest BCUT2D eigenvalue weighted by atomic mass is 10.1. The van der Waals surface area contributed by atoms with E-state index in [9.17, 15) is 9.59 Å². The summed E-state index contributed by atoms with van der Waals surface area (Å²) in [6.45, 7) is 8.47. The Labute approximate surface area is 317 Å². The van der Waals surface area contributed by atoms with Gasteiger partial charge in [0.05, 0.1) is 56.8 Å². The predicted octanol–water partition coefficient (Wildman–Crippen LogP) is 4.73. The van der Waals surface area contributed by atoms with Crippen molar-refractivity contribution in [3.8, 4) is 0 Å². The molecule has 2 saturated heterocycles. The van der Waals surface area contributed by atoms with Gasteiger partial charge in [-0.25, -0.2) is 34.5 Å². The maximum atomic E-state index is 12.9. The summed E-state index contributed by atoms with van der Waals surface area (Å²) in [5.74, 6) is 1.50. The van der Waals surface area contributed by atoms with Crippen molar-refractivity contribution in [1.29, 1.82) is 0 Å². The number of pyridine rings is 1. The average Bonchev–Trinajstić information content (AvgIpc) is 3.93. The molecule has 0 unspecified atom stereocenters. The van der Waals surface area contributed by atoms with Crippen LogP contribution < -0.4 is 5.32 Å². The van der Waals surface area contributed by atoms with Crippen molar-refractivity contribution in [3.05, 3.63) is 62.1 Å². The van der Waals surface area contributed by atoms with E-state index in [0.717, 1.165) is 56.0 Å². The topological polar surface area (TPSA) is 154 Å². The van der Waals surface area contributed by atoms with Crippen molar-refractivity contribution < 1.29 is 19.1 Å². The van der Waals surface area contributed by atoms with Crippen LogP contribution in [0.3, 0.4) is 0 Å². The van der Waals surface area contributed by atoms with Gasteiger partial charge in [0.15, 0.2) is 0 Å². The highest BCUT2D eigenvalue weighted by Crippen LogP contribution is 2.39. The Morgan fingerprint density at radius 3 is 1.94 bits per heavy atom. The first kappa shape index (κ1) is 34.2. The van der Waals surface area contributed by atoms with Crippen molar-refractivity contribution >= 4 is 84.6 Å². The normalized spacial score (nSPS) is 18.1. The summed E-state index contributed by atoms with van der Waals surface area (Å²) in [4.78, 5) is 63.5. The predicted molar refractivity (Wildman–Crippen MR) is 202 cm³/mol. The molecule has 18 heteroatoms. The number of rotatable bonds is 2. The minimum atomic E-state index is 0.0971. The van der Waals surface area contributed by atoms with Crippen molar-refractivity contribution in [1.82, 2.24) is 44.5 Å². The Morgan fingerprint density at radius 1 is 0.717 bits per heavy atom. The first-order valence-electron chi connectivity index (χ1n) is 17.6. The molecule has 5 aliphatic rings. The SMILES string of the molecule is O=C(N1CCOCC1)N1CCc2c(sc3ncnc(Cl)c23)C1.O=C(N1CCOCC1)N1CCc2c(sc3ncnc(Nc4cc5c(cn4)CN=C5)c23)C1. The second-order valence-electron chi connectivity index (χ2n) is 13.2. The molecule has 0 radical (unpaired) electrons. The highest BCUT2D eigenvalue weighted by molar-refractivity contribution is 7.19. The molecule has 5 aliphatic heterocycles. The van der Waals surface area contributed by atoms with Crippen LogP contribution in [0.1, 0.15) is 32.0 Å². The molecule has 5 aromatic heterocycles. The van der Waals surface area contributed by atoms with Crippen LogP contribution in [0.4, 0.5) is 21.2 Å². The molecule has 10 rings (SSSR count). The van der Waals surface area contributed by atoms with Crippen LogP contribution >= 0.6 is 34.3 Å². The maximum Gasteiger partial charge on any atom is 0.320 e. The van der Waals surface area contributed by atoms with Crippen LogP contribution in [0.5, 0.6) is 0 Å². The van der Waals surface area contributed by atoms with E-state index in [4.69, 9.17) is 21.1 Å². The van der Waals surface area contributed by atoms with Crippen molar-refractivity contribution in [2.75, 3.05) is 71.0 Å². The molecule has 0 atom stereocenters. The Kier molecular flexibility index (Phi) is 9.50. The fourth-order valence-electron chi connectivity index (χ4n) is 7.33. The molecule has 0 aromatic carbocycles. The van der Waals surface area contributed by atoms with E-state index in [1.807, 2.05) is 38.1 Å². The van der Waals surface area contributed by atoms with Crippen molar-refractivity contribution in [2.45, 2.75) is 32.5 Å². The van der Waals surface area contributed by atoms with Crippen LogP contribution in [-0.2, 0) is 41.9 Å². The number of aromatic nitrogens is 5. The van der Waals surface area contributed by atoms with Crippen LogP contribution in [0.2, 0.25) is 5.15 Å². The lowest BCUT2D eigenvalue weighted by Crippen LogP contribution is -2.49. The summed E-state index contributed by atoms with van der Waals surface area (Å²) in [5.41, 5.74) is 4.66. The first-order valence-corrected chi connectivity index (χ1v) is 19.7. The summed E-state index contributed by atoms with van der Waals surface area (Å²) < 4.78 is 10.7. The average molecular weight is 774 g/mol. The molecule has 274 valence electrons. The third-order valence-electron chi connectivity index (χ3n) is 10.1. The zero-order chi connectivity index (χ0) is 35.9. The number of ether oxygens (including phenoxy) is 2. The summed E-state index contributed by atoms with van der Waals surface area (Å²) in [6.07, 6.45) is 8.41. The molecule has 5 aromatic rings. The molecule has 1 N–H and O–H groups in total. The number of thiophene rings is 2. The molecule has 0 bridgehead atoms. The Balaban J connectivity index is 0.000000149. The van der Waals surface area contributed by atoms with E-state index in [-0.39, 0.29) is 12.1 Å². The lowest BCUT2D eigenvalue weighted by molar-refractivity contribution is 0.0423. The van der Waals surface area contributed by atoms with Gasteiger partial charge in [0.2, 0.25) is 0 Å². The number of fused-ring (bicyclic) bond motifs is 7. The monoisotopic (exact) mass is 773 g/mol. The molecular weight excluding hydrogens is 738 g/mol. The summed E-state index contributed by atoms with van der Waals surface area (Å²) in [7, 11) is 0. The van der Waals surface area contributed by atoms with E-state index >= 15 is 0 Å². The van der Waals surface area contributed by atoms with Crippen LogP contribution in [0, 0.1) is 0 Å². The van der Waals surface area contributed by atoms with Gasteiger partial charge in [-0.2, -0.15) is 0 Å². The quantitative estimate of drug-likeness (QED) is 0.249. The van der Waals surface area contributed by atoms with E-state index in [2.05, 4.69) is 35.2 Å². The zero-order valence-corrected chi connectivity index (χ0v) is 31.2. The van der Waals surface area contributed by atoms with Crippen LogP contribution in [-0.4, -0.2) is 128 Å². The Hall–Kier alpha value is -4.55. The number of urea groups is 2. The van der Waals surface area contributed by atoms with Gasteiger partial charge in [-0.15, -0.1) is 22.7 Å². The maximum absolute atomic E-state index is 12.9. The smallest absolute Gasteiger partial charge is 0.320 e. The summed E-state index contributed by atoms with van der Waals surface area (Å²) in [5, 5.41) is 5.89. The number of hydrogen-bond acceptors (Lipinski definition) is 13. The van der Waals surface area contributed by atoms with Gasteiger partial charge in [-0.3, -0.25) is 4.99 Å². The number of halogens is 1. The molecule has 53 heavy (non-hydrogen) atoms. The summed E-state index contributed by atoms with van der Waals surface area (Å²) in [6, 6.07) is 2.20. The number of amides is 4. The van der Waals surface area contributed by atoms with Gasteiger partial charge in [0.25, 0.3) is 0 Å². The lowest BCUT2D eigenvalue weighted by Gasteiger charge is -2.34. The molecular formula is C35H36ClN11O4S2. The van der Waals surface area contributed by atoms with Gasteiger partial charge in [-0.05, 0) is 30.0 Å². The Morgan fingerprint density at radius 2 is 1.30 bits per heavy atom. The number of nitrogens with one attached hydrogen (secondary N) is 1. The number of anilines is 2. The van der Waals surface area contributed by atoms with Gasteiger partial charge in [0.1, 0.15) is 39.1 Å². The number of hydrogen-bond donors (Lipinski definition) is 1. The third-order valence-corrected chi connectivity index (χ3v) is 12.6. The van der Waals surface area contributed by atoms with Gasteiger partial charge in [0, 0.05) is 72.6 Å². The third kappa shape index (κ3) is 6.76. The largest absolute Gasteiger partial charge is 0.378 e. The second kappa shape index (κ2) is 14.7. The fraction of sp³-hybridized carbons (Fsp3) is 0.429. The van der Waals surface area contributed by atoms with E-state index in [1.165, 1.54) is 27.2 Å². The van der Waals surface area contributed by atoms with Gasteiger partial charge >= 0.3 is 12.1 Å². The molecule has 0 saturated carbocycles. The molecule has 15 nitrogen and oxygen atoms in total. The van der Waals surface area contributed by atoms with Gasteiger partial charge < -0.3 is 34.4 Å². The van der Waals surface area contributed by atoms with Crippen molar-refractivity contribution in [3.63, 3.8) is 0 Å². The number of morpholine rings is 2. The molecule has 4 amide bonds. The van der Waals surface area contributed by atoms with Gasteiger partial charge in [-0.1, -0.05) is 11.6 Å². The Bertz CT molecular complexity index is 2230. The standard InChI is InChI=1S/C21H21N7O2S.C14H15ClN4O2S/c29-21(27-3-5-30-6-4-27)28-2-1-15-16(11-28)31-20-18(15)19(24-12-25-20)26-17-7-13-8-22-9-14(13)10-23-17;15-12-11-9-1-2-19(14(20)18-3-5-21-6-4-18)7-10(9)22-13(11)17-8-16-12/h7-8,10,12H,1-6,9,11H2,(H,23,24,25,26);8H,1-7H2. The molecule has 0 spiro atoms. The van der Waals surface area contributed by atoms with Crippen LogP contribution in [0.25, 0.3) is 20.4 Å². The second-order valence-corrected chi connectivity index (χ2v) is 15.8. The molecule has 2 fully saturated rings. The van der Waals surface area contributed by atoms with E-state index in [1.54, 1.807) is 29.0 Å². The number of carbonyl (C=O) groups is 2. The van der Waals surface area contributed by atoms with Crippen LogP contribution in [0.15, 0.2) is 29.9 Å². The first-order chi connectivity index (χ1) is 26.0. The molecule has 0 aliphatic carbocycles. The zero-order valence-electron chi connectivity index (χ0n) is 28.8. The van der Waals surface area contributed by atoms with E-state index < -0.39 is 0 Å². The number of nitrogens with zero attached hydrogens (tertiary/aromatic N) is 10. The van der Waals surface area contributed by atoms with E-state index in [0.29, 0.717) is 90.5 Å². The van der Waals surface area contributed by atoms with Crippen molar-refractivity contribution in [2.24, 2.45) is 4.99 Å². The highest BCUT2D eigenvalue weighted by atomic mass is 35.5. The number of carbonyl (C=O) groups excluding carboxylic acids is 2.